The van der Waals surface area contributed by atoms with Gasteiger partial charge in [-0.2, -0.15) is 0 Å². The summed E-state index contributed by atoms with van der Waals surface area (Å²) in [6.45, 7) is 0. The molecule has 0 spiro atoms. The molecule has 4 rings (SSSR count). The Morgan fingerprint density at radius 2 is 1.81 bits per heavy atom. The molecule has 0 bridgehead atoms. The fourth-order valence-electron chi connectivity index (χ4n) is 3.14. The second-order valence-electron chi connectivity index (χ2n) is 6.10. The third kappa shape index (κ3) is 2.60. The largest absolute Gasteiger partial charge is 0.494 e. The second kappa shape index (κ2) is 6.21. The van der Waals surface area contributed by atoms with Gasteiger partial charge in [0.2, 0.25) is 0 Å². The lowest BCUT2D eigenvalue weighted by molar-refractivity contribution is 0.0692. The Bertz CT molecular complexity index is 1120. The molecule has 2 heterocycles. The van der Waals surface area contributed by atoms with E-state index in [0.29, 0.717) is 33.5 Å². The highest BCUT2D eigenvalue weighted by molar-refractivity contribution is 6.22. The van der Waals surface area contributed by atoms with Crippen LogP contribution >= 0.6 is 0 Å². The summed E-state index contributed by atoms with van der Waals surface area (Å²) < 4.78 is 5.30. The van der Waals surface area contributed by atoms with E-state index in [4.69, 9.17) is 4.74 Å². The maximum atomic E-state index is 12.9. The Kier molecular flexibility index (Phi) is 3.84. The lowest BCUT2D eigenvalue weighted by atomic mass is 10.1. The van der Waals surface area contributed by atoms with Gasteiger partial charge in [0.05, 0.1) is 35.5 Å². The fraction of sp³-hybridized carbons (Fsp3) is 0.100. The lowest BCUT2D eigenvalue weighted by Gasteiger charge is -2.12. The van der Waals surface area contributed by atoms with Crippen molar-refractivity contribution in [1.82, 2.24) is 9.88 Å². The molecule has 7 heteroatoms. The van der Waals surface area contributed by atoms with E-state index in [2.05, 4.69) is 10.3 Å². The van der Waals surface area contributed by atoms with E-state index >= 15 is 0 Å². The predicted molar refractivity (Wildman–Crippen MR) is 99.1 cm³/mol. The number of rotatable bonds is 3. The molecule has 0 aliphatic carbocycles. The molecule has 0 saturated carbocycles. The van der Waals surface area contributed by atoms with Crippen LogP contribution in [0.5, 0.6) is 5.75 Å². The summed E-state index contributed by atoms with van der Waals surface area (Å²) >= 11 is 0. The molecule has 7 nitrogen and oxygen atoms in total. The summed E-state index contributed by atoms with van der Waals surface area (Å²) in [6, 6.07) is 11.9. The van der Waals surface area contributed by atoms with Crippen molar-refractivity contribution >= 4 is 34.3 Å². The number of nitrogens with zero attached hydrogens (tertiary/aromatic N) is 2. The molecule has 2 aromatic carbocycles. The van der Waals surface area contributed by atoms with E-state index in [1.165, 1.54) is 32.5 Å². The quantitative estimate of drug-likeness (QED) is 0.725. The summed E-state index contributed by atoms with van der Waals surface area (Å²) in [5, 5.41) is 3.43. The van der Waals surface area contributed by atoms with Gasteiger partial charge in [0.25, 0.3) is 17.7 Å². The van der Waals surface area contributed by atoms with Gasteiger partial charge in [-0.3, -0.25) is 24.3 Å². The van der Waals surface area contributed by atoms with Crippen LogP contribution in [0.15, 0.2) is 48.7 Å². The molecule has 0 atom stereocenters. The Balaban J connectivity index is 1.73. The minimum atomic E-state index is -0.393. The summed E-state index contributed by atoms with van der Waals surface area (Å²) in [6.07, 6.45) is 1.50. The van der Waals surface area contributed by atoms with Crippen molar-refractivity contribution in [2.75, 3.05) is 19.5 Å². The number of hydrogen-bond acceptors (Lipinski definition) is 5. The SMILES string of the molecule is COc1cnc2ccccc2c1C(=O)Nc1ccc2c(c1)C(=O)N(C)C2=O. The number of fused-ring (bicyclic) bond motifs is 2. The van der Waals surface area contributed by atoms with Gasteiger partial charge in [-0.05, 0) is 24.3 Å². The molecular weight excluding hydrogens is 346 g/mol. The van der Waals surface area contributed by atoms with E-state index in [9.17, 15) is 14.4 Å². The zero-order valence-corrected chi connectivity index (χ0v) is 14.6. The first-order chi connectivity index (χ1) is 13.0. The first-order valence-electron chi connectivity index (χ1n) is 8.21. The van der Waals surface area contributed by atoms with Crippen LogP contribution < -0.4 is 10.1 Å². The van der Waals surface area contributed by atoms with Crippen LogP contribution in [0.4, 0.5) is 5.69 Å². The molecule has 27 heavy (non-hydrogen) atoms. The minimum absolute atomic E-state index is 0.270. The van der Waals surface area contributed by atoms with Crippen molar-refractivity contribution in [1.29, 1.82) is 0 Å². The second-order valence-corrected chi connectivity index (χ2v) is 6.10. The van der Waals surface area contributed by atoms with Gasteiger partial charge in [0, 0.05) is 18.1 Å². The van der Waals surface area contributed by atoms with Crippen molar-refractivity contribution in [2.45, 2.75) is 0 Å². The third-order valence-electron chi connectivity index (χ3n) is 4.54. The zero-order valence-electron chi connectivity index (χ0n) is 14.6. The minimum Gasteiger partial charge on any atom is -0.494 e. The normalized spacial score (nSPS) is 13.0. The Morgan fingerprint density at radius 3 is 2.59 bits per heavy atom. The van der Waals surface area contributed by atoms with Crippen molar-refractivity contribution < 1.29 is 19.1 Å². The monoisotopic (exact) mass is 361 g/mol. The number of amides is 3. The molecule has 1 aliphatic rings. The average molecular weight is 361 g/mol. The molecule has 0 saturated heterocycles. The fourth-order valence-corrected chi connectivity index (χ4v) is 3.14. The molecule has 1 aromatic heterocycles. The molecule has 0 fully saturated rings. The number of imide groups is 1. The number of ether oxygens (including phenoxy) is 1. The molecule has 134 valence electrons. The van der Waals surface area contributed by atoms with Crippen molar-refractivity contribution in [3.63, 3.8) is 0 Å². The standard InChI is InChI=1S/C20H15N3O4/c1-23-19(25)12-8-7-11(9-14(12)20(23)26)22-18(24)17-13-5-3-4-6-15(13)21-10-16(17)27-2/h3-10H,1-2H3,(H,22,24). The van der Waals surface area contributed by atoms with Crippen LogP contribution in [-0.4, -0.2) is 41.8 Å². The summed E-state index contributed by atoms with van der Waals surface area (Å²) in [5.74, 6) is -0.790. The average Bonchev–Trinajstić information content (AvgIpc) is 2.90. The van der Waals surface area contributed by atoms with E-state index in [1.54, 1.807) is 18.2 Å². The maximum absolute atomic E-state index is 12.9. The molecule has 1 aliphatic heterocycles. The molecule has 1 N–H and O–H groups in total. The number of aromatic nitrogens is 1. The first-order valence-corrected chi connectivity index (χ1v) is 8.21. The number of anilines is 1. The van der Waals surface area contributed by atoms with Crippen LogP contribution in [0, 0.1) is 0 Å². The smallest absolute Gasteiger partial charge is 0.261 e. The molecule has 0 radical (unpaired) electrons. The number of carbonyl (C=O) groups is 3. The Labute approximate surface area is 154 Å². The van der Waals surface area contributed by atoms with Crippen LogP contribution in [0.2, 0.25) is 0 Å². The van der Waals surface area contributed by atoms with Gasteiger partial charge in [-0.15, -0.1) is 0 Å². The summed E-state index contributed by atoms with van der Waals surface area (Å²) in [5.41, 5.74) is 2.03. The lowest BCUT2D eigenvalue weighted by Crippen LogP contribution is -2.24. The number of benzene rings is 2. The molecule has 0 unspecified atom stereocenters. The molecular formula is C20H15N3O4. The zero-order chi connectivity index (χ0) is 19.1. The van der Waals surface area contributed by atoms with Crippen molar-refractivity contribution in [2.24, 2.45) is 0 Å². The number of para-hydroxylation sites is 1. The molecule has 3 amide bonds. The van der Waals surface area contributed by atoms with Crippen LogP contribution in [0.1, 0.15) is 31.1 Å². The maximum Gasteiger partial charge on any atom is 0.261 e. The van der Waals surface area contributed by atoms with E-state index < -0.39 is 11.8 Å². The Morgan fingerprint density at radius 1 is 1.07 bits per heavy atom. The van der Waals surface area contributed by atoms with E-state index in [1.807, 2.05) is 12.1 Å². The number of nitrogens with one attached hydrogen (secondary N) is 1. The van der Waals surface area contributed by atoms with Gasteiger partial charge < -0.3 is 10.1 Å². The number of methoxy groups -OCH3 is 1. The van der Waals surface area contributed by atoms with Gasteiger partial charge in [0.15, 0.2) is 5.75 Å². The number of hydrogen-bond donors (Lipinski definition) is 1. The summed E-state index contributed by atoms with van der Waals surface area (Å²) in [7, 11) is 2.90. The molecule has 3 aromatic rings. The third-order valence-corrected chi connectivity index (χ3v) is 4.54. The van der Waals surface area contributed by atoms with Gasteiger partial charge in [0.1, 0.15) is 0 Å². The highest BCUT2D eigenvalue weighted by Gasteiger charge is 2.32. The first kappa shape index (κ1) is 16.7. The topological polar surface area (TPSA) is 88.6 Å². The number of pyridine rings is 1. The van der Waals surface area contributed by atoms with Crippen LogP contribution in [0.3, 0.4) is 0 Å². The van der Waals surface area contributed by atoms with Gasteiger partial charge in [-0.1, -0.05) is 18.2 Å². The van der Waals surface area contributed by atoms with Crippen LogP contribution in [-0.2, 0) is 0 Å². The predicted octanol–water partition coefficient (Wildman–Crippen LogP) is 2.72. The van der Waals surface area contributed by atoms with E-state index in [-0.39, 0.29) is 11.5 Å². The van der Waals surface area contributed by atoms with Crippen LogP contribution in [0.25, 0.3) is 10.9 Å². The highest BCUT2D eigenvalue weighted by atomic mass is 16.5. The van der Waals surface area contributed by atoms with Crippen molar-refractivity contribution in [3.8, 4) is 5.75 Å². The summed E-state index contributed by atoms with van der Waals surface area (Å²) in [4.78, 5) is 42.4. The van der Waals surface area contributed by atoms with Gasteiger partial charge in [-0.25, -0.2) is 0 Å². The van der Waals surface area contributed by atoms with Gasteiger partial charge >= 0.3 is 0 Å². The number of carbonyl (C=O) groups excluding carboxylic acids is 3. The Hall–Kier alpha value is -3.74. The van der Waals surface area contributed by atoms with Crippen molar-refractivity contribution in [3.05, 3.63) is 65.4 Å². The van der Waals surface area contributed by atoms with E-state index in [0.717, 1.165) is 4.90 Å². The highest BCUT2D eigenvalue weighted by Crippen LogP contribution is 2.28.